The third kappa shape index (κ3) is 4.38. The monoisotopic (exact) mass is 355 g/mol. The fraction of sp³-hybridized carbons (Fsp3) is 0.267. The number of thiophene rings is 1. The van der Waals surface area contributed by atoms with Crippen LogP contribution >= 0.6 is 11.3 Å². The first-order chi connectivity index (χ1) is 11.0. The number of benzene rings is 1. The van der Waals surface area contributed by atoms with Crippen molar-refractivity contribution in [2.75, 3.05) is 13.2 Å². The summed E-state index contributed by atoms with van der Waals surface area (Å²) >= 11 is 0.999. The van der Waals surface area contributed by atoms with E-state index in [1.807, 2.05) is 0 Å². The van der Waals surface area contributed by atoms with Gasteiger partial charge in [-0.1, -0.05) is 30.3 Å². The maximum absolute atomic E-state index is 12.3. The Labute approximate surface area is 138 Å². The number of hydrogen-bond donors (Lipinski definition) is 2. The molecule has 1 aromatic carbocycles. The van der Waals surface area contributed by atoms with Gasteiger partial charge in [0.1, 0.15) is 9.77 Å². The van der Waals surface area contributed by atoms with Crippen molar-refractivity contribution in [3.05, 3.63) is 52.2 Å². The summed E-state index contributed by atoms with van der Waals surface area (Å²) in [5, 5.41) is 11.5. The summed E-state index contributed by atoms with van der Waals surface area (Å²) in [7, 11) is -3.91. The third-order valence-electron chi connectivity index (χ3n) is 3.03. The van der Waals surface area contributed by atoms with Crippen LogP contribution in [0, 0.1) is 0 Å². The Hall–Kier alpha value is -1.74. The van der Waals surface area contributed by atoms with Gasteiger partial charge in [0.2, 0.25) is 10.0 Å². The molecule has 0 aliphatic heterocycles. The maximum Gasteiger partial charge on any atom is 0.349 e. The number of aliphatic hydroxyl groups is 1. The van der Waals surface area contributed by atoms with Crippen LogP contribution in [0.15, 0.2) is 46.7 Å². The van der Waals surface area contributed by atoms with Crippen molar-refractivity contribution in [3.63, 3.8) is 0 Å². The van der Waals surface area contributed by atoms with Crippen LogP contribution in [-0.4, -0.2) is 32.6 Å². The summed E-state index contributed by atoms with van der Waals surface area (Å²) in [6.45, 7) is 1.62. The third-order valence-corrected chi connectivity index (χ3v) is 5.52. The summed E-state index contributed by atoms with van der Waals surface area (Å²) in [5.41, 5.74) is 0.603. The summed E-state index contributed by atoms with van der Waals surface area (Å²) < 4.78 is 31.8. The summed E-state index contributed by atoms with van der Waals surface area (Å²) in [5.74, 6) is -0.675. The van der Waals surface area contributed by atoms with Gasteiger partial charge in [-0.05, 0) is 23.9 Å². The Morgan fingerprint density at radius 3 is 2.65 bits per heavy atom. The maximum atomic E-state index is 12.3. The number of esters is 1. The van der Waals surface area contributed by atoms with Crippen LogP contribution in [0.25, 0.3) is 0 Å². The fourth-order valence-corrected chi connectivity index (χ4v) is 4.26. The molecule has 0 radical (unpaired) electrons. The van der Waals surface area contributed by atoms with Gasteiger partial charge in [-0.2, -0.15) is 0 Å². The minimum atomic E-state index is -3.91. The van der Waals surface area contributed by atoms with E-state index in [0.717, 1.165) is 11.3 Å². The molecule has 6 nitrogen and oxygen atoms in total. The number of nitrogens with one attached hydrogen (secondary N) is 1. The number of ether oxygens (including phenoxy) is 1. The topological polar surface area (TPSA) is 92.7 Å². The molecule has 8 heteroatoms. The first-order valence-electron chi connectivity index (χ1n) is 6.93. The van der Waals surface area contributed by atoms with Gasteiger partial charge >= 0.3 is 5.97 Å². The van der Waals surface area contributed by atoms with E-state index < -0.39 is 22.1 Å². The van der Waals surface area contributed by atoms with Crippen LogP contribution in [0.1, 0.15) is 28.3 Å². The Bertz CT molecular complexity index is 755. The summed E-state index contributed by atoms with van der Waals surface area (Å²) in [6, 6.07) is 10.1. The molecule has 0 fully saturated rings. The predicted molar refractivity (Wildman–Crippen MR) is 86.9 cm³/mol. The van der Waals surface area contributed by atoms with Gasteiger partial charge in [0, 0.05) is 6.54 Å². The van der Waals surface area contributed by atoms with Crippen LogP contribution in [0.3, 0.4) is 0 Å². The molecule has 0 saturated heterocycles. The number of aliphatic hydroxyl groups excluding tert-OH is 1. The number of carbonyl (C=O) groups is 1. The van der Waals surface area contributed by atoms with Gasteiger partial charge in [-0.25, -0.2) is 17.9 Å². The van der Waals surface area contributed by atoms with Gasteiger partial charge in [0.15, 0.2) is 0 Å². The molecule has 0 aliphatic carbocycles. The van der Waals surface area contributed by atoms with E-state index >= 15 is 0 Å². The highest BCUT2D eigenvalue weighted by Crippen LogP contribution is 2.23. The highest BCUT2D eigenvalue weighted by atomic mass is 32.2. The molecule has 23 heavy (non-hydrogen) atoms. The first kappa shape index (κ1) is 17.6. The molecule has 0 spiro atoms. The Kier molecular flexibility index (Phi) is 5.89. The van der Waals surface area contributed by atoms with Crippen molar-refractivity contribution < 1.29 is 23.1 Å². The zero-order chi connectivity index (χ0) is 16.9. The van der Waals surface area contributed by atoms with E-state index in [1.165, 1.54) is 11.4 Å². The number of rotatable bonds is 7. The van der Waals surface area contributed by atoms with E-state index in [1.54, 1.807) is 37.3 Å². The van der Waals surface area contributed by atoms with Crippen LogP contribution in [-0.2, 0) is 14.8 Å². The molecular formula is C15H17NO5S2. The van der Waals surface area contributed by atoms with Gasteiger partial charge in [-0.15, -0.1) is 11.3 Å². The standard InChI is InChI=1S/C15H17NO5S2/c1-2-21-15(18)14-13(8-9-22-14)23(19,20)16-10-12(17)11-6-4-3-5-7-11/h3-9,12,16-17H,2,10H2,1H3/t12-/m0/s1. The molecule has 2 aromatic rings. The second kappa shape index (κ2) is 7.69. The molecule has 0 saturated carbocycles. The molecule has 0 aliphatic rings. The van der Waals surface area contributed by atoms with Crippen LogP contribution < -0.4 is 4.72 Å². The zero-order valence-electron chi connectivity index (χ0n) is 12.4. The lowest BCUT2D eigenvalue weighted by Crippen LogP contribution is -2.29. The van der Waals surface area contributed by atoms with E-state index in [0.29, 0.717) is 5.56 Å². The summed E-state index contributed by atoms with van der Waals surface area (Å²) in [4.78, 5) is 11.7. The minimum absolute atomic E-state index is 0.0218. The second-order valence-electron chi connectivity index (χ2n) is 4.61. The van der Waals surface area contributed by atoms with Gasteiger partial charge in [0.25, 0.3) is 0 Å². The van der Waals surface area contributed by atoms with E-state index in [-0.39, 0.29) is 22.9 Å². The zero-order valence-corrected chi connectivity index (χ0v) is 14.1. The molecule has 2 N–H and O–H groups in total. The number of sulfonamides is 1. The van der Waals surface area contributed by atoms with Crippen molar-refractivity contribution >= 4 is 27.3 Å². The summed E-state index contributed by atoms with van der Waals surface area (Å²) in [6.07, 6.45) is -0.976. The first-order valence-corrected chi connectivity index (χ1v) is 9.29. The van der Waals surface area contributed by atoms with Crippen molar-refractivity contribution in [1.29, 1.82) is 0 Å². The van der Waals surface area contributed by atoms with Crippen LogP contribution in [0.4, 0.5) is 0 Å². The lowest BCUT2D eigenvalue weighted by molar-refractivity contribution is 0.0528. The predicted octanol–water partition coefficient (Wildman–Crippen LogP) is 1.94. The van der Waals surface area contributed by atoms with Crippen molar-refractivity contribution in [1.82, 2.24) is 4.72 Å². The highest BCUT2D eigenvalue weighted by Gasteiger charge is 2.25. The molecule has 0 amide bonds. The van der Waals surface area contributed by atoms with Crippen LogP contribution in [0.2, 0.25) is 0 Å². The number of carbonyl (C=O) groups excluding carboxylic acids is 1. The number of hydrogen-bond acceptors (Lipinski definition) is 6. The Morgan fingerprint density at radius 1 is 1.30 bits per heavy atom. The quantitative estimate of drug-likeness (QED) is 0.741. The van der Waals surface area contributed by atoms with Crippen molar-refractivity contribution in [2.24, 2.45) is 0 Å². The fourth-order valence-electron chi connectivity index (χ4n) is 1.91. The Balaban J connectivity index is 2.11. The van der Waals surface area contributed by atoms with E-state index in [9.17, 15) is 18.3 Å². The lowest BCUT2D eigenvalue weighted by atomic mass is 10.1. The largest absolute Gasteiger partial charge is 0.462 e. The second-order valence-corrected chi connectivity index (χ2v) is 7.26. The average Bonchev–Trinajstić information content (AvgIpc) is 3.04. The highest BCUT2D eigenvalue weighted by molar-refractivity contribution is 7.89. The molecule has 0 bridgehead atoms. The van der Waals surface area contributed by atoms with E-state index in [2.05, 4.69) is 4.72 Å². The van der Waals surface area contributed by atoms with Gasteiger partial charge in [-0.3, -0.25) is 0 Å². The molecule has 1 heterocycles. The van der Waals surface area contributed by atoms with Crippen LogP contribution in [0.5, 0.6) is 0 Å². The lowest BCUT2D eigenvalue weighted by Gasteiger charge is -2.12. The van der Waals surface area contributed by atoms with Gasteiger partial charge < -0.3 is 9.84 Å². The average molecular weight is 355 g/mol. The normalized spacial score (nSPS) is 12.8. The smallest absolute Gasteiger partial charge is 0.349 e. The van der Waals surface area contributed by atoms with Crippen molar-refractivity contribution in [2.45, 2.75) is 17.9 Å². The molecule has 0 unspecified atom stereocenters. The molecule has 1 atom stereocenters. The molecule has 2 rings (SSSR count). The Morgan fingerprint density at radius 2 is 2.00 bits per heavy atom. The minimum Gasteiger partial charge on any atom is -0.462 e. The van der Waals surface area contributed by atoms with E-state index in [4.69, 9.17) is 4.74 Å². The molecule has 1 aromatic heterocycles. The molecular weight excluding hydrogens is 338 g/mol. The van der Waals surface area contributed by atoms with Gasteiger partial charge in [0.05, 0.1) is 12.7 Å². The van der Waals surface area contributed by atoms with Crippen molar-refractivity contribution in [3.8, 4) is 0 Å². The SMILES string of the molecule is CCOC(=O)c1sccc1S(=O)(=O)NC[C@H](O)c1ccccc1. The molecule has 124 valence electrons.